The number of anilines is 1. The van der Waals surface area contributed by atoms with Crippen LogP contribution in [0.15, 0.2) is 60.0 Å². The number of carbonyl (C=O) groups is 1. The quantitative estimate of drug-likeness (QED) is 0.516. The highest BCUT2D eigenvalue weighted by Crippen LogP contribution is 2.26. The predicted octanol–water partition coefficient (Wildman–Crippen LogP) is 4.76. The number of aryl methyl sites for hydroxylation is 1. The molecule has 2 heterocycles. The van der Waals surface area contributed by atoms with Crippen LogP contribution in [0.2, 0.25) is 0 Å². The molecule has 1 N–H and O–H groups in total. The zero-order valence-electron chi connectivity index (χ0n) is 15.4. The van der Waals surface area contributed by atoms with Crippen molar-refractivity contribution in [3.8, 4) is 16.4 Å². The average molecular weight is 410 g/mol. The summed E-state index contributed by atoms with van der Waals surface area (Å²) in [6, 6.07) is 13.6. The number of carbonyl (C=O) groups excluding carboxylic acids is 1. The summed E-state index contributed by atoms with van der Waals surface area (Å²) >= 11 is 1.36. The number of rotatable bonds is 5. The van der Waals surface area contributed by atoms with Gasteiger partial charge in [-0.25, -0.2) is 13.8 Å². The van der Waals surface area contributed by atoms with E-state index in [1.165, 1.54) is 35.6 Å². The molecule has 146 valence electrons. The first-order chi connectivity index (χ1) is 14.0. The molecule has 5 nitrogen and oxygen atoms in total. The number of nitrogens with one attached hydrogen (secondary N) is 1. The van der Waals surface area contributed by atoms with Crippen molar-refractivity contribution in [3.63, 3.8) is 0 Å². The summed E-state index contributed by atoms with van der Waals surface area (Å²) in [7, 11) is 0. The lowest BCUT2D eigenvalue weighted by Gasteiger charge is -2.07. The lowest BCUT2D eigenvalue weighted by molar-refractivity contribution is -0.115. The van der Waals surface area contributed by atoms with Crippen LogP contribution in [0.25, 0.3) is 16.4 Å². The molecule has 0 aliphatic rings. The largest absolute Gasteiger partial charge is 0.310 e. The summed E-state index contributed by atoms with van der Waals surface area (Å²) in [5.41, 5.74) is 2.92. The first-order valence-electron chi connectivity index (χ1n) is 8.81. The fourth-order valence-corrected chi connectivity index (χ4v) is 3.62. The van der Waals surface area contributed by atoms with Crippen LogP contribution in [-0.4, -0.2) is 20.7 Å². The van der Waals surface area contributed by atoms with Gasteiger partial charge < -0.3 is 5.32 Å². The number of amides is 1. The fraction of sp³-hybridized carbons (Fsp3) is 0.0952. The van der Waals surface area contributed by atoms with Gasteiger partial charge in [-0.3, -0.25) is 4.79 Å². The standard InChI is InChI=1S/C21H16F2N4OS/c1-13-10-19(25-20(28)11-14-2-6-16(22)7-3-14)27(26-13)21-24-18(12-29-21)15-4-8-17(23)9-5-15/h2-10,12H,11H2,1H3,(H,25,28). The highest BCUT2D eigenvalue weighted by molar-refractivity contribution is 7.12. The SMILES string of the molecule is Cc1cc(NC(=O)Cc2ccc(F)cc2)n(-c2nc(-c3ccc(F)cc3)cs2)n1. The minimum atomic E-state index is -0.344. The molecular weight excluding hydrogens is 394 g/mol. The van der Waals surface area contributed by atoms with Crippen LogP contribution in [0.5, 0.6) is 0 Å². The van der Waals surface area contributed by atoms with Gasteiger partial charge in [-0.05, 0) is 48.9 Å². The first-order valence-corrected chi connectivity index (χ1v) is 9.69. The number of hydrogen-bond donors (Lipinski definition) is 1. The molecule has 0 bridgehead atoms. The van der Waals surface area contributed by atoms with Gasteiger partial charge in [0.05, 0.1) is 17.8 Å². The zero-order valence-corrected chi connectivity index (χ0v) is 16.2. The molecule has 0 unspecified atom stereocenters. The number of thiazole rings is 1. The van der Waals surface area contributed by atoms with Gasteiger partial charge in [-0.15, -0.1) is 11.3 Å². The Morgan fingerprint density at radius 3 is 2.41 bits per heavy atom. The van der Waals surface area contributed by atoms with E-state index in [2.05, 4.69) is 15.4 Å². The summed E-state index contributed by atoms with van der Waals surface area (Å²) in [6.07, 6.45) is 0.114. The number of aromatic nitrogens is 3. The second kappa shape index (κ2) is 7.92. The molecule has 0 radical (unpaired) electrons. The minimum Gasteiger partial charge on any atom is -0.310 e. The van der Waals surface area contributed by atoms with Gasteiger partial charge in [0.25, 0.3) is 0 Å². The van der Waals surface area contributed by atoms with Gasteiger partial charge >= 0.3 is 0 Å². The molecule has 4 aromatic rings. The first kappa shape index (κ1) is 18.9. The second-order valence-electron chi connectivity index (χ2n) is 6.46. The normalized spacial score (nSPS) is 10.9. The van der Waals surface area contributed by atoms with E-state index < -0.39 is 0 Å². The lowest BCUT2D eigenvalue weighted by Crippen LogP contribution is -2.17. The van der Waals surface area contributed by atoms with E-state index in [1.54, 1.807) is 35.0 Å². The van der Waals surface area contributed by atoms with Crippen molar-refractivity contribution >= 4 is 23.1 Å². The monoisotopic (exact) mass is 410 g/mol. The van der Waals surface area contributed by atoms with Gasteiger partial charge in [-0.1, -0.05) is 12.1 Å². The summed E-state index contributed by atoms with van der Waals surface area (Å²) < 4.78 is 27.7. The van der Waals surface area contributed by atoms with Gasteiger partial charge in [0, 0.05) is 17.0 Å². The van der Waals surface area contributed by atoms with Crippen molar-refractivity contribution in [1.29, 1.82) is 0 Å². The van der Waals surface area contributed by atoms with Crippen molar-refractivity contribution in [1.82, 2.24) is 14.8 Å². The summed E-state index contributed by atoms with van der Waals surface area (Å²) in [5, 5.41) is 9.68. The van der Waals surface area contributed by atoms with E-state index >= 15 is 0 Å². The van der Waals surface area contributed by atoms with Crippen LogP contribution in [-0.2, 0) is 11.2 Å². The Kier molecular flexibility index (Phi) is 5.18. The van der Waals surface area contributed by atoms with E-state index in [4.69, 9.17) is 0 Å². The minimum absolute atomic E-state index is 0.114. The molecule has 0 spiro atoms. The van der Waals surface area contributed by atoms with Crippen molar-refractivity contribution < 1.29 is 13.6 Å². The molecule has 2 aromatic carbocycles. The zero-order chi connectivity index (χ0) is 20.4. The van der Waals surface area contributed by atoms with E-state index in [9.17, 15) is 13.6 Å². The maximum atomic E-state index is 13.1. The van der Waals surface area contributed by atoms with Crippen LogP contribution in [0.3, 0.4) is 0 Å². The molecule has 2 aromatic heterocycles. The third-order valence-corrected chi connectivity index (χ3v) is 5.01. The molecule has 0 aliphatic carbocycles. The molecule has 0 saturated carbocycles. The Morgan fingerprint density at radius 1 is 1.07 bits per heavy atom. The van der Waals surface area contributed by atoms with Crippen molar-refractivity contribution in [2.45, 2.75) is 13.3 Å². The van der Waals surface area contributed by atoms with E-state index in [-0.39, 0.29) is 24.0 Å². The summed E-state index contributed by atoms with van der Waals surface area (Å²) in [6.45, 7) is 1.82. The Bertz CT molecular complexity index is 1150. The summed E-state index contributed by atoms with van der Waals surface area (Å²) in [4.78, 5) is 17.0. The number of halogens is 2. The molecule has 0 fully saturated rings. The Balaban J connectivity index is 1.54. The maximum Gasteiger partial charge on any atom is 0.229 e. The van der Waals surface area contributed by atoms with Crippen LogP contribution < -0.4 is 5.32 Å². The molecule has 0 atom stereocenters. The van der Waals surface area contributed by atoms with Gasteiger partial charge in [0.1, 0.15) is 17.5 Å². The Morgan fingerprint density at radius 2 is 1.72 bits per heavy atom. The predicted molar refractivity (Wildman–Crippen MR) is 108 cm³/mol. The smallest absolute Gasteiger partial charge is 0.229 e. The Hall–Kier alpha value is -3.39. The second-order valence-corrected chi connectivity index (χ2v) is 7.29. The van der Waals surface area contributed by atoms with Crippen molar-refractivity contribution in [2.75, 3.05) is 5.32 Å². The van der Waals surface area contributed by atoms with Crippen molar-refractivity contribution in [3.05, 3.63) is 82.9 Å². The molecule has 29 heavy (non-hydrogen) atoms. The Labute approximate surface area is 169 Å². The van der Waals surface area contributed by atoms with Crippen LogP contribution in [0, 0.1) is 18.6 Å². The lowest BCUT2D eigenvalue weighted by atomic mass is 10.1. The third-order valence-electron chi connectivity index (χ3n) is 4.19. The van der Waals surface area contributed by atoms with Gasteiger partial charge in [0.15, 0.2) is 0 Å². The van der Waals surface area contributed by atoms with E-state index in [0.29, 0.717) is 22.2 Å². The highest BCUT2D eigenvalue weighted by atomic mass is 32.1. The molecule has 4 rings (SSSR count). The topological polar surface area (TPSA) is 59.8 Å². The molecular formula is C21H16F2N4OS. The fourth-order valence-electron chi connectivity index (χ4n) is 2.82. The van der Waals surface area contributed by atoms with Crippen molar-refractivity contribution in [2.24, 2.45) is 0 Å². The molecule has 0 aliphatic heterocycles. The highest BCUT2D eigenvalue weighted by Gasteiger charge is 2.15. The van der Waals surface area contributed by atoms with Crippen LogP contribution in [0.4, 0.5) is 14.6 Å². The average Bonchev–Trinajstić information content (AvgIpc) is 3.31. The molecule has 1 amide bonds. The number of nitrogens with zero attached hydrogens (tertiary/aromatic N) is 3. The van der Waals surface area contributed by atoms with E-state index in [1.807, 2.05) is 12.3 Å². The van der Waals surface area contributed by atoms with Gasteiger partial charge in [0.2, 0.25) is 11.0 Å². The number of benzene rings is 2. The molecule has 8 heteroatoms. The van der Waals surface area contributed by atoms with E-state index in [0.717, 1.165) is 11.3 Å². The van der Waals surface area contributed by atoms with Gasteiger partial charge in [-0.2, -0.15) is 9.78 Å². The van der Waals surface area contributed by atoms with Crippen LogP contribution >= 0.6 is 11.3 Å². The van der Waals surface area contributed by atoms with Crippen LogP contribution in [0.1, 0.15) is 11.3 Å². The maximum absolute atomic E-state index is 13.1. The third kappa shape index (κ3) is 4.38. The summed E-state index contributed by atoms with van der Waals surface area (Å²) in [5.74, 6) is -0.399. The molecule has 0 saturated heterocycles. The number of hydrogen-bond acceptors (Lipinski definition) is 4.